The second kappa shape index (κ2) is 7.28. The number of H-pyrrole nitrogens is 1. The molecule has 1 aromatic heterocycles. The van der Waals surface area contributed by atoms with E-state index in [1.54, 1.807) is 28.0 Å². The van der Waals surface area contributed by atoms with Gasteiger partial charge in [0.25, 0.3) is 11.6 Å². The van der Waals surface area contributed by atoms with Gasteiger partial charge in [-0.15, -0.1) is 0 Å². The number of fused-ring (bicyclic) bond motifs is 1. The van der Waals surface area contributed by atoms with E-state index >= 15 is 0 Å². The van der Waals surface area contributed by atoms with Gasteiger partial charge in [0.2, 0.25) is 0 Å². The molecule has 12 heteroatoms. The number of nitro groups is 1. The van der Waals surface area contributed by atoms with Crippen molar-refractivity contribution in [2.45, 2.75) is 6.18 Å². The second-order valence-corrected chi connectivity index (χ2v) is 6.76. The number of rotatable bonds is 3. The number of nitrogens with zero attached hydrogens (tertiary/aromatic N) is 5. The molecule has 0 bridgehead atoms. The first-order chi connectivity index (χ1) is 14.2. The fourth-order valence-electron chi connectivity index (χ4n) is 3.42. The summed E-state index contributed by atoms with van der Waals surface area (Å²) < 4.78 is 38.7. The molecular formula is C18H15F3N6O3. The number of benzene rings is 2. The van der Waals surface area contributed by atoms with Crippen LogP contribution >= 0.6 is 0 Å². The molecule has 1 saturated heterocycles. The number of carbonyl (C=O) groups excluding carboxylic acids is 1. The maximum atomic E-state index is 12.9. The number of alkyl halides is 3. The van der Waals surface area contributed by atoms with Gasteiger partial charge < -0.3 is 9.80 Å². The molecule has 1 aliphatic rings. The van der Waals surface area contributed by atoms with Crippen molar-refractivity contribution in [2.24, 2.45) is 0 Å². The highest BCUT2D eigenvalue weighted by atomic mass is 19.4. The zero-order valence-corrected chi connectivity index (χ0v) is 15.4. The van der Waals surface area contributed by atoms with Gasteiger partial charge in [-0.2, -0.15) is 28.6 Å². The molecule has 1 amide bonds. The van der Waals surface area contributed by atoms with E-state index in [-0.39, 0.29) is 37.8 Å². The monoisotopic (exact) mass is 420 g/mol. The molecular weight excluding hydrogens is 405 g/mol. The number of hydrogen-bond donors (Lipinski definition) is 1. The molecule has 0 radical (unpaired) electrons. The van der Waals surface area contributed by atoms with Crippen molar-refractivity contribution in [3.63, 3.8) is 0 Å². The van der Waals surface area contributed by atoms with E-state index in [4.69, 9.17) is 0 Å². The van der Waals surface area contributed by atoms with Crippen molar-refractivity contribution < 1.29 is 22.9 Å². The third-order valence-electron chi connectivity index (χ3n) is 4.97. The lowest BCUT2D eigenvalue weighted by Gasteiger charge is -2.36. The summed E-state index contributed by atoms with van der Waals surface area (Å²) in [5.74, 6) is -0.221. The van der Waals surface area contributed by atoms with Crippen molar-refractivity contribution in [1.29, 1.82) is 0 Å². The molecule has 0 spiro atoms. The zero-order chi connectivity index (χ0) is 21.5. The fourth-order valence-corrected chi connectivity index (χ4v) is 3.42. The van der Waals surface area contributed by atoms with E-state index in [1.807, 2.05) is 0 Å². The van der Waals surface area contributed by atoms with Crippen LogP contribution in [-0.2, 0) is 6.18 Å². The Labute approximate surface area is 167 Å². The number of aromatic amines is 1. The van der Waals surface area contributed by atoms with Gasteiger partial charge in [0.15, 0.2) is 0 Å². The summed E-state index contributed by atoms with van der Waals surface area (Å²) in [6.45, 7) is 1.05. The maximum Gasteiger partial charge on any atom is 0.416 e. The summed E-state index contributed by atoms with van der Waals surface area (Å²) in [6.07, 6.45) is -4.67. The lowest BCUT2D eigenvalue weighted by molar-refractivity contribution is -0.384. The number of nitro benzene ring substituents is 1. The van der Waals surface area contributed by atoms with Crippen molar-refractivity contribution >= 4 is 28.3 Å². The lowest BCUT2D eigenvalue weighted by Crippen LogP contribution is -2.49. The van der Waals surface area contributed by atoms with Gasteiger partial charge in [-0.05, 0) is 30.3 Å². The molecule has 4 rings (SSSR count). The molecule has 2 aromatic carbocycles. The van der Waals surface area contributed by atoms with Crippen LogP contribution in [0.25, 0.3) is 11.0 Å². The largest absolute Gasteiger partial charge is 0.416 e. The summed E-state index contributed by atoms with van der Waals surface area (Å²) in [5, 5.41) is 21.7. The first-order valence-electron chi connectivity index (χ1n) is 8.94. The van der Waals surface area contributed by atoms with Crippen LogP contribution in [0, 0.1) is 10.1 Å². The summed E-state index contributed by atoms with van der Waals surface area (Å²) in [4.78, 5) is 26.5. The Morgan fingerprint density at radius 2 is 1.73 bits per heavy atom. The van der Waals surface area contributed by atoms with Crippen LogP contribution in [-0.4, -0.2) is 57.3 Å². The molecule has 0 aliphatic carbocycles. The number of nitrogens with one attached hydrogen (secondary N) is 1. The molecule has 0 saturated carbocycles. The van der Waals surface area contributed by atoms with E-state index in [0.29, 0.717) is 22.7 Å². The van der Waals surface area contributed by atoms with Crippen molar-refractivity contribution in [3.05, 3.63) is 57.6 Å². The second-order valence-electron chi connectivity index (χ2n) is 6.76. The van der Waals surface area contributed by atoms with Crippen LogP contribution in [0.2, 0.25) is 0 Å². The molecule has 156 valence electrons. The predicted molar refractivity (Wildman–Crippen MR) is 100 cm³/mol. The van der Waals surface area contributed by atoms with Gasteiger partial charge >= 0.3 is 6.18 Å². The molecule has 0 atom stereocenters. The topological polar surface area (TPSA) is 108 Å². The molecule has 3 aromatic rings. The third kappa shape index (κ3) is 3.63. The quantitative estimate of drug-likeness (QED) is 0.516. The van der Waals surface area contributed by atoms with Gasteiger partial charge in [0, 0.05) is 37.8 Å². The molecule has 1 N–H and O–H groups in total. The van der Waals surface area contributed by atoms with Crippen LogP contribution in [0.4, 0.5) is 24.5 Å². The van der Waals surface area contributed by atoms with Crippen molar-refractivity contribution in [2.75, 3.05) is 31.1 Å². The minimum atomic E-state index is -4.67. The number of anilines is 1. The molecule has 1 aliphatic heterocycles. The highest BCUT2D eigenvalue weighted by molar-refractivity contribution is 5.97. The highest BCUT2D eigenvalue weighted by Crippen LogP contribution is 2.36. The highest BCUT2D eigenvalue weighted by Gasteiger charge is 2.34. The minimum Gasteiger partial charge on any atom is -0.362 e. The number of halogens is 3. The Morgan fingerprint density at radius 1 is 1.03 bits per heavy atom. The molecule has 9 nitrogen and oxygen atoms in total. The number of carbonyl (C=O) groups is 1. The van der Waals surface area contributed by atoms with Gasteiger partial charge in [-0.3, -0.25) is 14.9 Å². The first kappa shape index (κ1) is 19.6. The predicted octanol–water partition coefficient (Wildman–Crippen LogP) is 2.85. The summed E-state index contributed by atoms with van der Waals surface area (Å²) >= 11 is 0. The van der Waals surface area contributed by atoms with Crippen LogP contribution in [0.15, 0.2) is 36.4 Å². The van der Waals surface area contributed by atoms with Crippen LogP contribution < -0.4 is 4.90 Å². The van der Waals surface area contributed by atoms with Gasteiger partial charge in [-0.25, -0.2) is 0 Å². The van der Waals surface area contributed by atoms with E-state index in [1.165, 1.54) is 0 Å². The van der Waals surface area contributed by atoms with Crippen LogP contribution in [0.5, 0.6) is 0 Å². The lowest BCUT2D eigenvalue weighted by atomic mass is 10.1. The smallest absolute Gasteiger partial charge is 0.362 e. The average molecular weight is 420 g/mol. The molecule has 2 heterocycles. The van der Waals surface area contributed by atoms with Crippen molar-refractivity contribution in [3.8, 4) is 0 Å². The van der Waals surface area contributed by atoms with Gasteiger partial charge in [0.05, 0.1) is 10.5 Å². The minimum absolute atomic E-state index is 0.101. The fraction of sp³-hybridized carbons (Fsp3) is 0.278. The van der Waals surface area contributed by atoms with E-state index in [9.17, 15) is 28.1 Å². The van der Waals surface area contributed by atoms with Gasteiger partial charge in [0.1, 0.15) is 16.7 Å². The number of hydrogen-bond acceptors (Lipinski definition) is 6. The van der Waals surface area contributed by atoms with E-state index in [0.717, 1.165) is 12.1 Å². The molecule has 1 fully saturated rings. The van der Waals surface area contributed by atoms with Crippen molar-refractivity contribution in [1.82, 2.24) is 20.3 Å². The summed E-state index contributed by atoms with van der Waals surface area (Å²) in [5.41, 5.74) is 0.0384. The molecule has 0 unspecified atom stereocenters. The van der Waals surface area contributed by atoms with Crippen LogP contribution in [0.1, 0.15) is 15.9 Å². The summed E-state index contributed by atoms with van der Waals surface area (Å²) in [7, 11) is 0. The Kier molecular flexibility index (Phi) is 4.76. The number of aromatic nitrogens is 3. The summed E-state index contributed by atoms with van der Waals surface area (Å²) in [6, 6.07) is 7.41. The average Bonchev–Trinajstić information content (AvgIpc) is 3.20. The standard InChI is InChI=1S/C18H15F3N6O3/c19-18(20,21)12-2-4-15(16(10-12)27(29)30)25-5-7-26(8-6-25)17(28)11-1-3-13-14(9-11)23-24-22-13/h1-4,9-10H,5-8H2,(H,22,23,24). The van der Waals surface area contributed by atoms with E-state index < -0.39 is 22.4 Å². The van der Waals surface area contributed by atoms with E-state index in [2.05, 4.69) is 15.4 Å². The zero-order valence-electron chi connectivity index (χ0n) is 15.4. The maximum absolute atomic E-state index is 12.9. The normalized spacial score (nSPS) is 14.9. The number of piperazine rings is 1. The Morgan fingerprint density at radius 3 is 2.40 bits per heavy atom. The Balaban J connectivity index is 1.50. The van der Waals surface area contributed by atoms with Crippen LogP contribution in [0.3, 0.4) is 0 Å². The van der Waals surface area contributed by atoms with Gasteiger partial charge in [-0.1, -0.05) is 0 Å². The SMILES string of the molecule is O=C(c1ccc2n[nH]nc2c1)N1CCN(c2ccc(C(F)(F)F)cc2[N+](=O)[O-])CC1. The number of amides is 1. The third-order valence-corrected chi connectivity index (χ3v) is 4.97. The Hall–Kier alpha value is -3.70. The molecule has 30 heavy (non-hydrogen) atoms. The first-order valence-corrected chi connectivity index (χ1v) is 8.94. The Bertz CT molecular complexity index is 1120.